The van der Waals surface area contributed by atoms with E-state index in [1.807, 2.05) is 60.0 Å². The van der Waals surface area contributed by atoms with Crippen LogP contribution in [0.15, 0.2) is 60.0 Å². The Morgan fingerprint density at radius 2 is 1.86 bits per heavy atom. The minimum atomic E-state index is -0.523. The minimum absolute atomic E-state index is 0.0544. The quantitative estimate of drug-likeness (QED) is 0.671. The normalized spacial score (nSPS) is 16.9. The first-order valence-corrected chi connectivity index (χ1v) is 10.1. The van der Waals surface area contributed by atoms with E-state index in [0.29, 0.717) is 37.7 Å². The summed E-state index contributed by atoms with van der Waals surface area (Å²) in [5, 5.41) is 2.02. The van der Waals surface area contributed by atoms with Gasteiger partial charge < -0.3 is 19.1 Å². The van der Waals surface area contributed by atoms with E-state index >= 15 is 0 Å². The van der Waals surface area contributed by atoms with E-state index in [9.17, 15) is 4.79 Å². The van der Waals surface area contributed by atoms with Crippen LogP contribution in [0.1, 0.15) is 10.4 Å². The van der Waals surface area contributed by atoms with Crippen LogP contribution in [0.4, 0.5) is 5.69 Å². The lowest BCUT2D eigenvalue weighted by molar-refractivity contribution is -0.124. The third-order valence-corrected chi connectivity index (χ3v) is 5.78. The summed E-state index contributed by atoms with van der Waals surface area (Å²) < 4.78 is 17.3. The van der Waals surface area contributed by atoms with Crippen LogP contribution >= 0.6 is 11.3 Å². The van der Waals surface area contributed by atoms with Gasteiger partial charge in [-0.25, -0.2) is 0 Å². The van der Waals surface area contributed by atoms with E-state index in [0.717, 1.165) is 21.9 Å². The van der Waals surface area contributed by atoms with Gasteiger partial charge in [0.15, 0.2) is 17.6 Å². The maximum atomic E-state index is 13.4. The first-order valence-electron chi connectivity index (χ1n) is 9.26. The smallest absolute Gasteiger partial charge is 0.268 e. The highest BCUT2D eigenvalue weighted by molar-refractivity contribution is 7.09. The van der Waals surface area contributed by atoms with Crippen LogP contribution in [0.3, 0.4) is 0 Å². The third kappa shape index (κ3) is 3.20. The molecule has 1 aromatic heterocycles. The molecule has 3 heterocycles. The van der Waals surface area contributed by atoms with Crippen LogP contribution in [0.5, 0.6) is 17.2 Å². The molecule has 5 rings (SSSR count). The van der Waals surface area contributed by atoms with Gasteiger partial charge in [-0.1, -0.05) is 24.3 Å². The van der Waals surface area contributed by atoms with Crippen molar-refractivity contribution < 1.29 is 19.0 Å². The summed E-state index contributed by atoms with van der Waals surface area (Å²) in [6.07, 6.45) is 0.0612. The molecule has 1 unspecified atom stereocenters. The molecular weight excluding hydrogens is 374 g/mol. The number of para-hydroxylation sites is 1. The van der Waals surface area contributed by atoms with E-state index in [1.165, 1.54) is 0 Å². The fourth-order valence-electron chi connectivity index (χ4n) is 3.55. The van der Waals surface area contributed by atoms with Gasteiger partial charge in [0.2, 0.25) is 0 Å². The van der Waals surface area contributed by atoms with Crippen LogP contribution in [0.25, 0.3) is 0 Å². The molecule has 0 fully saturated rings. The highest BCUT2D eigenvalue weighted by Gasteiger charge is 2.33. The topological polar surface area (TPSA) is 48.0 Å². The molecule has 0 saturated carbocycles. The Hall–Kier alpha value is -2.99. The molecule has 2 aromatic carbocycles. The maximum Gasteiger partial charge on any atom is 0.268 e. The number of fused-ring (bicyclic) bond motifs is 2. The molecule has 2 aliphatic heterocycles. The van der Waals surface area contributed by atoms with Gasteiger partial charge in [0, 0.05) is 23.1 Å². The molecular formula is C22H19NO4S. The van der Waals surface area contributed by atoms with Gasteiger partial charge in [0.1, 0.15) is 19.0 Å². The summed E-state index contributed by atoms with van der Waals surface area (Å²) in [5.41, 5.74) is 1.85. The number of anilines is 1. The number of hydrogen-bond acceptors (Lipinski definition) is 5. The maximum absolute atomic E-state index is 13.4. The Labute approximate surface area is 167 Å². The van der Waals surface area contributed by atoms with E-state index in [2.05, 4.69) is 0 Å². The second-order valence-electron chi connectivity index (χ2n) is 6.75. The molecule has 3 aromatic rings. The fraction of sp³-hybridized carbons (Fsp3) is 0.227. The largest absolute Gasteiger partial charge is 0.486 e. The number of ether oxygens (including phenoxy) is 3. The lowest BCUT2D eigenvalue weighted by Crippen LogP contribution is -2.41. The second-order valence-corrected chi connectivity index (χ2v) is 7.78. The monoisotopic (exact) mass is 393 g/mol. The average Bonchev–Trinajstić information content (AvgIpc) is 3.40. The van der Waals surface area contributed by atoms with E-state index < -0.39 is 6.10 Å². The van der Waals surface area contributed by atoms with Crippen molar-refractivity contribution in [3.63, 3.8) is 0 Å². The van der Waals surface area contributed by atoms with Crippen molar-refractivity contribution in [1.29, 1.82) is 0 Å². The Kier molecular flexibility index (Phi) is 4.41. The number of amides is 1. The summed E-state index contributed by atoms with van der Waals surface area (Å²) in [6, 6.07) is 17.5. The number of carbonyl (C=O) groups is 1. The molecule has 0 N–H and O–H groups in total. The summed E-state index contributed by atoms with van der Waals surface area (Å²) >= 11 is 1.63. The van der Waals surface area contributed by atoms with Crippen LogP contribution < -0.4 is 19.1 Å². The number of hydrogen-bond donors (Lipinski definition) is 0. The van der Waals surface area contributed by atoms with Crippen LogP contribution in [0, 0.1) is 0 Å². The number of rotatable bonds is 4. The molecule has 0 saturated heterocycles. The average molecular weight is 393 g/mol. The standard InChI is InChI=1S/C22H19NO4S/c24-22(21-12-15-4-1-2-6-18(15)27-21)23(14-17-5-3-11-28-17)16-7-8-19-20(13-16)26-10-9-25-19/h1-8,11,13,21H,9-10,12,14H2. The van der Waals surface area contributed by atoms with Gasteiger partial charge in [-0.05, 0) is 35.2 Å². The zero-order valence-electron chi connectivity index (χ0n) is 15.2. The summed E-state index contributed by atoms with van der Waals surface area (Å²) in [5.74, 6) is 2.12. The molecule has 5 nitrogen and oxygen atoms in total. The lowest BCUT2D eigenvalue weighted by atomic mass is 10.1. The van der Waals surface area contributed by atoms with Crippen molar-refractivity contribution in [3.8, 4) is 17.2 Å². The van der Waals surface area contributed by atoms with Crippen molar-refractivity contribution in [1.82, 2.24) is 0 Å². The molecule has 1 amide bonds. The van der Waals surface area contributed by atoms with E-state index in [1.54, 1.807) is 16.2 Å². The van der Waals surface area contributed by atoms with Crippen LogP contribution in [-0.2, 0) is 17.8 Å². The second kappa shape index (κ2) is 7.20. The molecule has 0 bridgehead atoms. The Morgan fingerprint density at radius 1 is 1.00 bits per heavy atom. The highest BCUT2D eigenvalue weighted by Crippen LogP contribution is 2.36. The molecule has 6 heteroatoms. The van der Waals surface area contributed by atoms with E-state index in [-0.39, 0.29) is 5.91 Å². The molecule has 0 aliphatic carbocycles. The highest BCUT2D eigenvalue weighted by atomic mass is 32.1. The molecule has 2 aliphatic rings. The molecule has 0 spiro atoms. The van der Waals surface area contributed by atoms with E-state index in [4.69, 9.17) is 14.2 Å². The van der Waals surface area contributed by atoms with Crippen molar-refractivity contribution in [2.75, 3.05) is 18.1 Å². The lowest BCUT2D eigenvalue weighted by Gasteiger charge is -2.27. The Morgan fingerprint density at radius 3 is 2.68 bits per heavy atom. The van der Waals surface area contributed by atoms with Gasteiger partial charge in [0.25, 0.3) is 5.91 Å². The van der Waals surface area contributed by atoms with Crippen LogP contribution in [-0.4, -0.2) is 25.2 Å². The fourth-order valence-corrected chi connectivity index (χ4v) is 4.24. The van der Waals surface area contributed by atoms with Gasteiger partial charge in [-0.2, -0.15) is 0 Å². The Bertz CT molecular complexity index is 977. The van der Waals surface area contributed by atoms with Crippen molar-refractivity contribution >= 4 is 22.9 Å². The van der Waals surface area contributed by atoms with Gasteiger partial charge in [0.05, 0.1) is 6.54 Å². The zero-order chi connectivity index (χ0) is 18.9. The summed E-state index contributed by atoms with van der Waals surface area (Å²) in [4.78, 5) is 16.3. The van der Waals surface area contributed by atoms with Crippen molar-refractivity contribution in [2.24, 2.45) is 0 Å². The van der Waals surface area contributed by atoms with Crippen LogP contribution in [0.2, 0.25) is 0 Å². The van der Waals surface area contributed by atoms with Gasteiger partial charge in [-0.3, -0.25) is 4.79 Å². The minimum Gasteiger partial charge on any atom is -0.486 e. The predicted octanol–water partition coefficient (Wildman–Crippen LogP) is 4.06. The molecule has 142 valence electrons. The number of carbonyl (C=O) groups excluding carboxylic acids is 1. The van der Waals surface area contributed by atoms with Gasteiger partial charge in [-0.15, -0.1) is 11.3 Å². The summed E-state index contributed by atoms with van der Waals surface area (Å²) in [6.45, 7) is 1.54. The van der Waals surface area contributed by atoms with Gasteiger partial charge >= 0.3 is 0 Å². The predicted molar refractivity (Wildman–Crippen MR) is 108 cm³/mol. The third-order valence-electron chi connectivity index (χ3n) is 4.92. The zero-order valence-corrected chi connectivity index (χ0v) is 16.0. The van der Waals surface area contributed by atoms with Crippen molar-refractivity contribution in [3.05, 3.63) is 70.4 Å². The summed E-state index contributed by atoms with van der Waals surface area (Å²) in [7, 11) is 0. The molecule has 0 radical (unpaired) electrons. The first kappa shape index (κ1) is 17.1. The number of benzene rings is 2. The molecule has 28 heavy (non-hydrogen) atoms. The number of nitrogens with zero attached hydrogens (tertiary/aromatic N) is 1. The Balaban J connectivity index is 1.46. The SMILES string of the molecule is O=C(C1Cc2ccccc2O1)N(Cc1cccs1)c1ccc2c(c1)OCCO2. The number of thiophene rings is 1. The first-order chi connectivity index (χ1) is 13.8. The molecule has 1 atom stereocenters. The van der Waals surface area contributed by atoms with Crippen molar-refractivity contribution in [2.45, 2.75) is 19.1 Å².